The van der Waals surface area contributed by atoms with Crippen molar-refractivity contribution in [2.45, 2.75) is 26.3 Å². The van der Waals surface area contributed by atoms with Gasteiger partial charge in [0.05, 0.1) is 7.11 Å². The third kappa shape index (κ3) is 2.99. The molecule has 2 nitrogen and oxygen atoms in total. The van der Waals surface area contributed by atoms with Crippen LogP contribution < -0.4 is 10.5 Å². The van der Waals surface area contributed by atoms with Crippen LogP contribution in [0.3, 0.4) is 0 Å². The van der Waals surface area contributed by atoms with Gasteiger partial charge in [0.1, 0.15) is 11.6 Å². The molecule has 20 heavy (non-hydrogen) atoms. The molecule has 1 unspecified atom stereocenters. The van der Waals surface area contributed by atoms with Crippen LogP contribution in [-0.4, -0.2) is 7.11 Å². The minimum absolute atomic E-state index is 0.172. The van der Waals surface area contributed by atoms with Crippen LogP contribution in [0.5, 0.6) is 5.75 Å². The summed E-state index contributed by atoms with van der Waals surface area (Å²) in [6, 6.07) is 10.3. The first-order chi connectivity index (χ1) is 9.52. The van der Waals surface area contributed by atoms with Crippen molar-refractivity contribution in [2.75, 3.05) is 7.11 Å². The minimum atomic E-state index is -0.230. The van der Waals surface area contributed by atoms with E-state index in [1.54, 1.807) is 19.2 Å². The largest absolute Gasteiger partial charge is 0.496 e. The van der Waals surface area contributed by atoms with E-state index in [1.165, 1.54) is 17.7 Å². The Morgan fingerprint density at radius 1 is 1.10 bits per heavy atom. The lowest BCUT2D eigenvalue weighted by Crippen LogP contribution is -2.15. The number of rotatable bonds is 4. The third-order valence-electron chi connectivity index (χ3n) is 3.68. The second-order valence-corrected chi connectivity index (χ2v) is 5.07. The van der Waals surface area contributed by atoms with Gasteiger partial charge in [-0.05, 0) is 49.1 Å². The third-order valence-corrected chi connectivity index (χ3v) is 3.68. The molecule has 0 aromatic heterocycles. The average molecular weight is 273 g/mol. The number of nitrogens with two attached hydrogens (primary N) is 1. The number of hydrogen-bond acceptors (Lipinski definition) is 2. The van der Waals surface area contributed by atoms with Crippen LogP contribution in [0.2, 0.25) is 0 Å². The van der Waals surface area contributed by atoms with E-state index in [2.05, 4.69) is 6.07 Å². The normalized spacial score (nSPS) is 12.2. The number of halogens is 1. The summed E-state index contributed by atoms with van der Waals surface area (Å²) in [5.41, 5.74) is 10.6. The summed E-state index contributed by atoms with van der Waals surface area (Å²) in [7, 11) is 1.66. The standard InChI is InChI=1S/C17H20FNO/c1-11-4-9-15(17(20-3)12(11)2)16(19)10-13-5-7-14(18)8-6-13/h4-9,16H,10,19H2,1-3H3. The van der Waals surface area contributed by atoms with Crippen molar-refractivity contribution in [3.05, 3.63) is 64.5 Å². The van der Waals surface area contributed by atoms with Crippen LogP contribution in [0, 0.1) is 19.7 Å². The Kier molecular flexibility index (Phi) is 4.40. The highest BCUT2D eigenvalue weighted by atomic mass is 19.1. The van der Waals surface area contributed by atoms with Crippen molar-refractivity contribution in [1.29, 1.82) is 0 Å². The van der Waals surface area contributed by atoms with Crippen molar-refractivity contribution >= 4 is 0 Å². The van der Waals surface area contributed by atoms with Gasteiger partial charge in [0.15, 0.2) is 0 Å². The van der Waals surface area contributed by atoms with E-state index in [4.69, 9.17) is 10.5 Å². The van der Waals surface area contributed by atoms with E-state index in [9.17, 15) is 4.39 Å². The van der Waals surface area contributed by atoms with Crippen molar-refractivity contribution in [3.63, 3.8) is 0 Å². The highest BCUT2D eigenvalue weighted by Crippen LogP contribution is 2.31. The average Bonchev–Trinajstić information content (AvgIpc) is 2.44. The molecular formula is C17H20FNO. The van der Waals surface area contributed by atoms with Gasteiger partial charge in [-0.3, -0.25) is 0 Å². The zero-order valence-electron chi connectivity index (χ0n) is 12.1. The molecule has 2 aromatic carbocycles. The molecule has 0 saturated carbocycles. The van der Waals surface area contributed by atoms with Crippen molar-refractivity contribution in [1.82, 2.24) is 0 Å². The molecule has 0 aliphatic heterocycles. The minimum Gasteiger partial charge on any atom is -0.496 e. The smallest absolute Gasteiger partial charge is 0.126 e. The molecule has 0 amide bonds. The summed E-state index contributed by atoms with van der Waals surface area (Å²) in [5.74, 6) is 0.616. The molecule has 0 aliphatic carbocycles. The van der Waals surface area contributed by atoms with E-state index >= 15 is 0 Å². The quantitative estimate of drug-likeness (QED) is 0.922. The number of ether oxygens (including phenoxy) is 1. The van der Waals surface area contributed by atoms with Gasteiger partial charge in [0.25, 0.3) is 0 Å². The molecule has 0 bridgehead atoms. The summed E-state index contributed by atoms with van der Waals surface area (Å²) >= 11 is 0. The van der Waals surface area contributed by atoms with Crippen LogP contribution in [0.15, 0.2) is 36.4 Å². The maximum atomic E-state index is 12.9. The van der Waals surface area contributed by atoms with E-state index in [1.807, 2.05) is 19.9 Å². The molecule has 2 N–H and O–H groups in total. The molecule has 0 fully saturated rings. The van der Waals surface area contributed by atoms with Gasteiger partial charge >= 0.3 is 0 Å². The SMILES string of the molecule is COc1c(C(N)Cc2ccc(F)cc2)ccc(C)c1C. The Morgan fingerprint density at radius 3 is 2.35 bits per heavy atom. The molecule has 0 heterocycles. The van der Waals surface area contributed by atoms with Crippen molar-refractivity contribution in [2.24, 2.45) is 5.73 Å². The Hall–Kier alpha value is -1.87. The van der Waals surface area contributed by atoms with E-state index in [0.717, 1.165) is 22.4 Å². The van der Waals surface area contributed by atoms with E-state index in [0.29, 0.717) is 6.42 Å². The molecule has 2 aromatic rings. The molecule has 0 radical (unpaired) electrons. The zero-order chi connectivity index (χ0) is 14.7. The predicted molar refractivity (Wildman–Crippen MR) is 79.5 cm³/mol. The molecule has 106 valence electrons. The van der Waals surface area contributed by atoms with E-state index in [-0.39, 0.29) is 11.9 Å². The molecule has 1 atom stereocenters. The van der Waals surface area contributed by atoms with Crippen molar-refractivity contribution in [3.8, 4) is 5.75 Å². The lowest BCUT2D eigenvalue weighted by molar-refractivity contribution is 0.402. The van der Waals surface area contributed by atoms with Gasteiger partial charge in [0, 0.05) is 11.6 Å². The molecule has 2 rings (SSSR count). The van der Waals surface area contributed by atoms with Crippen LogP contribution in [0.25, 0.3) is 0 Å². The predicted octanol–water partition coefficient (Wildman–Crippen LogP) is 3.69. The topological polar surface area (TPSA) is 35.2 Å². The summed E-state index contributed by atoms with van der Waals surface area (Å²) in [6.45, 7) is 4.08. The highest BCUT2D eigenvalue weighted by Gasteiger charge is 2.15. The summed E-state index contributed by atoms with van der Waals surface area (Å²) in [4.78, 5) is 0. The Balaban J connectivity index is 2.27. The lowest BCUT2D eigenvalue weighted by atomic mass is 9.95. The second-order valence-electron chi connectivity index (χ2n) is 5.07. The van der Waals surface area contributed by atoms with Gasteiger partial charge in [-0.2, -0.15) is 0 Å². The number of benzene rings is 2. The number of methoxy groups -OCH3 is 1. The maximum Gasteiger partial charge on any atom is 0.126 e. The Labute approximate surface area is 119 Å². The zero-order valence-corrected chi connectivity index (χ0v) is 12.1. The first kappa shape index (κ1) is 14.5. The van der Waals surface area contributed by atoms with Gasteiger partial charge in [-0.25, -0.2) is 4.39 Å². The van der Waals surface area contributed by atoms with Crippen LogP contribution in [0.1, 0.15) is 28.3 Å². The summed E-state index contributed by atoms with van der Waals surface area (Å²) < 4.78 is 18.4. The highest BCUT2D eigenvalue weighted by molar-refractivity contribution is 5.47. The molecule has 0 spiro atoms. The fraction of sp³-hybridized carbons (Fsp3) is 0.294. The number of aryl methyl sites for hydroxylation is 1. The molecular weight excluding hydrogens is 253 g/mol. The fourth-order valence-electron chi connectivity index (χ4n) is 2.36. The van der Waals surface area contributed by atoms with Gasteiger partial charge in [-0.15, -0.1) is 0 Å². The fourth-order valence-corrected chi connectivity index (χ4v) is 2.36. The Bertz CT molecular complexity index is 593. The van der Waals surface area contributed by atoms with Crippen LogP contribution in [-0.2, 0) is 6.42 Å². The first-order valence-electron chi connectivity index (χ1n) is 6.67. The Morgan fingerprint density at radius 2 is 1.75 bits per heavy atom. The van der Waals surface area contributed by atoms with Gasteiger partial charge < -0.3 is 10.5 Å². The maximum absolute atomic E-state index is 12.9. The summed E-state index contributed by atoms with van der Waals surface area (Å²) in [6.07, 6.45) is 0.652. The lowest BCUT2D eigenvalue weighted by Gasteiger charge is -2.19. The van der Waals surface area contributed by atoms with Crippen LogP contribution >= 0.6 is 0 Å². The first-order valence-corrected chi connectivity index (χ1v) is 6.67. The molecule has 3 heteroatoms. The summed E-state index contributed by atoms with van der Waals surface area (Å²) in [5, 5.41) is 0. The second kappa shape index (κ2) is 6.06. The van der Waals surface area contributed by atoms with Gasteiger partial charge in [0.2, 0.25) is 0 Å². The monoisotopic (exact) mass is 273 g/mol. The van der Waals surface area contributed by atoms with E-state index < -0.39 is 0 Å². The molecule has 0 aliphatic rings. The van der Waals surface area contributed by atoms with Crippen LogP contribution in [0.4, 0.5) is 4.39 Å². The van der Waals surface area contributed by atoms with Gasteiger partial charge in [-0.1, -0.05) is 24.3 Å². The number of hydrogen-bond donors (Lipinski definition) is 1. The molecule has 0 saturated heterocycles. The van der Waals surface area contributed by atoms with Crippen molar-refractivity contribution < 1.29 is 9.13 Å².